The third kappa shape index (κ3) is 3.35. The Morgan fingerprint density at radius 1 is 1.52 bits per heavy atom. The molecule has 0 atom stereocenters. The minimum absolute atomic E-state index is 0.248. The summed E-state index contributed by atoms with van der Waals surface area (Å²) in [5.41, 5.74) is 2.83. The number of carbonyl (C=O) groups is 1. The second-order valence-corrected chi connectivity index (χ2v) is 4.57. The molecule has 0 aliphatic rings. The van der Waals surface area contributed by atoms with Gasteiger partial charge in [0.1, 0.15) is 5.69 Å². The number of hydrogen-bond donors (Lipinski definition) is 1. The van der Waals surface area contributed by atoms with Crippen molar-refractivity contribution in [1.82, 2.24) is 20.3 Å². The molecule has 0 spiro atoms. The summed E-state index contributed by atoms with van der Waals surface area (Å²) < 4.78 is 6.80. The van der Waals surface area contributed by atoms with Gasteiger partial charge in [0.05, 0.1) is 12.3 Å². The quantitative estimate of drug-likeness (QED) is 0.820. The van der Waals surface area contributed by atoms with E-state index in [1.807, 2.05) is 31.2 Å². The Labute approximate surface area is 123 Å². The number of amides is 1. The van der Waals surface area contributed by atoms with Crippen molar-refractivity contribution in [3.05, 3.63) is 53.9 Å². The van der Waals surface area contributed by atoms with Crippen LogP contribution in [0, 0.1) is 6.92 Å². The van der Waals surface area contributed by atoms with Crippen molar-refractivity contribution >= 4 is 5.91 Å². The largest absolute Gasteiger partial charge is 0.378 e. The molecule has 0 aliphatic heterocycles. The number of nitrogens with zero attached hydrogens (tertiary/aromatic N) is 3. The summed E-state index contributed by atoms with van der Waals surface area (Å²) in [7, 11) is 1.57. The smallest absolute Gasteiger partial charge is 0.274 e. The van der Waals surface area contributed by atoms with Crippen LogP contribution in [0.25, 0.3) is 5.69 Å². The minimum Gasteiger partial charge on any atom is -0.378 e. The summed E-state index contributed by atoms with van der Waals surface area (Å²) in [6.45, 7) is 6.19. The third-order valence-corrected chi connectivity index (χ3v) is 2.91. The van der Waals surface area contributed by atoms with Crippen LogP contribution in [0.2, 0.25) is 0 Å². The van der Waals surface area contributed by atoms with Crippen molar-refractivity contribution in [2.75, 3.05) is 13.7 Å². The van der Waals surface area contributed by atoms with E-state index in [1.54, 1.807) is 17.9 Å². The molecule has 0 fully saturated rings. The van der Waals surface area contributed by atoms with Crippen LogP contribution in [0.3, 0.4) is 0 Å². The zero-order valence-corrected chi connectivity index (χ0v) is 12.2. The van der Waals surface area contributed by atoms with E-state index in [-0.39, 0.29) is 18.2 Å². The molecule has 21 heavy (non-hydrogen) atoms. The standard InChI is InChI=1S/C15H18N4O2/c1-4-8-16-15(20)14-13(10-21-3)19(18-17-14)12-7-5-6-11(2)9-12/h4-7,9H,1,8,10H2,2-3H3,(H,16,20). The fraction of sp³-hybridized carbons (Fsp3) is 0.267. The van der Waals surface area contributed by atoms with E-state index in [9.17, 15) is 4.79 Å². The molecule has 1 N–H and O–H groups in total. The maximum atomic E-state index is 12.1. The number of aryl methyl sites for hydroxylation is 1. The van der Waals surface area contributed by atoms with Crippen LogP contribution in [-0.4, -0.2) is 34.6 Å². The van der Waals surface area contributed by atoms with Crippen molar-refractivity contribution in [2.24, 2.45) is 0 Å². The number of carbonyl (C=O) groups excluding carboxylic acids is 1. The molecule has 6 nitrogen and oxygen atoms in total. The van der Waals surface area contributed by atoms with Crippen molar-refractivity contribution in [3.63, 3.8) is 0 Å². The lowest BCUT2D eigenvalue weighted by Crippen LogP contribution is -2.25. The Bertz CT molecular complexity index is 649. The zero-order chi connectivity index (χ0) is 15.2. The van der Waals surface area contributed by atoms with Crippen LogP contribution in [0.4, 0.5) is 0 Å². The number of nitrogens with one attached hydrogen (secondary N) is 1. The Kier molecular flexibility index (Phi) is 4.84. The van der Waals surface area contributed by atoms with E-state index in [4.69, 9.17) is 4.74 Å². The second-order valence-electron chi connectivity index (χ2n) is 4.57. The molecule has 1 amide bonds. The average Bonchev–Trinajstić information content (AvgIpc) is 2.89. The van der Waals surface area contributed by atoms with E-state index >= 15 is 0 Å². The molecule has 0 bridgehead atoms. The topological polar surface area (TPSA) is 69.0 Å². The predicted octanol–water partition coefficient (Wildman–Crippen LogP) is 1.64. The van der Waals surface area contributed by atoms with Crippen molar-refractivity contribution in [2.45, 2.75) is 13.5 Å². The first-order valence-electron chi connectivity index (χ1n) is 6.57. The molecule has 110 valence electrons. The van der Waals surface area contributed by atoms with Gasteiger partial charge in [0.25, 0.3) is 5.91 Å². The van der Waals surface area contributed by atoms with Gasteiger partial charge >= 0.3 is 0 Å². The van der Waals surface area contributed by atoms with Crippen LogP contribution in [0.5, 0.6) is 0 Å². The molecule has 2 rings (SSSR count). The normalized spacial score (nSPS) is 10.4. The summed E-state index contributed by atoms with van der Waals surface area (Å²) in [4.78, 5) is 12.1. The SMILES string of the molecule is C=CCNC(=O)c1nnn(-c2cccc(C)c2)c1COC. The van der Waals surface area contributed by atoms with Gasteiger partial charge in [0.2, 0.25) is 0 Å². The Balaban J connectivity index is 2.41. The highest BCUT2D eigenvalue weighted by Gasteiger charge is 2.20. The van der Waals surface area contributed by atoms with E-state index in [1.165, 1.54) is 0 Å². The first-order valence-corrected chi connectivity index (χ1v) is 6.57. The maximum absolute atomic E-state index is 12.1. The summed E-state index contributed by atoms with van der Waals surface area (Å²) in [6.07, 6.45) is 1.61. The van der Waals surface area contributed by atoms with Crippen LogP contribution in [0.15, 0.2) is 36.9 Å². The highest BCUT2D eigenvalue weighted by molar-refractivity contribution is 5.93. The maximum Gasteiger partial charge on any atom is 0.274 e. The third-order valence-electron chi connectivity index (χ3n) is 2.91. The molecule has 0 unspecified atom stereocenters. The number of ether oxygens (including phenoxy) is 1. The van der Waals surface area contributed by atoms with Crippen molar-refractivity contribution in [3.8, 4) is 5.69 Å². The molecule has 1 aromatic carbocycles. The first-order chi connectivity index (χ1) is 10.2. The Morgan fingerprint density at radius 3 is 3.00 bits per heavy atom. The number of rotatable bonds is 6. The number of methoxy groups -OCH3 is 1. The van der Waals surface area contributed by atoms with E-state index < -0.39 is 0 Å². The van der Waals surface area contributed by atoms with E-state index in [2.05, 4.69) is 22.2 Å². The van der Waals surface area contributed by atoms with Gasteiger partial charge in [0.15, 0.2) is 5.69 Å². The van der Waals surface area contributed by atoms with Gasteiger partial charge in [-0.15, -0.1) is 11.7 Å². The molecular weight excluding hydrogens is 268 g/mol. The predicted molar refractivity (Wildman–Crippen MR) is 79.3 cm³/mol. The van der Waals surface area contributed by atoms with Gasteiger partial charge in [-0.3, -0.25) is 4.79 Å². The van der Waals surface area contributed by atoms with Gasteiger partial charge in [0, 0.05) is 13.7 Å². The zero-order valence-electron chi connectivity index (χ0n) is 12.2. The molecule has 0 saturated carbocycles. The molecule has 6 heteroatoms. The summed E-state index contributed by atoms with van der Waals surface area (Å²) in [5, 5.41) is 10.8. The fourth-order valence-corrected chi connectivity index (χ4v) is 1.96. The van der Waals surface area contributed by atoms with E-state index in [0.717, 1.165) is 11.3 Å². The van der Waals surface area contributed by atoms with Crippen LogP contribution in [0.1, 0.15) is 21.7 Å². The van der Waals surface area contributed by atoms with Gasteiger partial charge in [-0.05, 0) is 24.6 Å². The van der Waals surface area contributed by atoms with Crippen molar-refractivity contribution in [1.29, 1.82) is 0 Å². The lowest BCUT2D eigenvalue weighted by molar-refractivity contribution is 0.0947. The Morgan fingerprint density at radius 2 is 2.33 bits per heavy atom. The Hall–Kier alpha value is -2.47. The van der Waals surface area contributed by atoms with Gasteiger partial charge in [-0.1, -0.05) is 23.4 Å². The summed E-state index contributed by atoms with van der Waals surface area (Å²) >= 11 is 0. The second kappa shape index (κ2) is 6.81. The van der Waals surface area contributed by atoms with Crippen molar-refractivity contribution < 1.29 is 9.53 Å². The van der Waals surface area contributed by atoms with Crippen LogP contribution >= 0.6 is 0 Å². The molecule has 0 aliphatic carbocycles. The molecule has 0 saturated heterocycles. The number of benzene rings is 1. The van der Waals surface area contributed by atoms with Crippen LogP contribution < -0.4 is 5.32 Å². The summed E-state index contributed by atoms with van der Waals surface area (Å²) in [6, 6.07) is 7.81. The van der Waals surface area contributed by atoms with Gasteiger partial charge < -0.3 is 10.1 Å². The van der Waals surface area contributed by atoms with Gasteiger partial charge in [-0.25, -0.2) is 4.68 Å². The first kappa shape index (κ1) is 14.9. The lowest BCUT2D eigenvalue weighted by Gasteiger charge is -2.08. The summed E-state index contributed by atoms with van der Waals surface area (Å²) in [5.74, 6) is -0.291. The molecule has 0 radical (unpaired) electrons. The molecule has 1 heterocycles. The molecule has 2 aromatic rings. The van der Waals surface area contributed by atoms with Crippen LogP contribution in [-0.2, 0) is 11.3 Å². The lowest BCUT2D eigenvalue weighted by atomic mass is 10.2. The average molecular weight is 286 g/mol. The molecular formula is C15H18N4O2. The van der Waals surface area contributed by atoms with Gasteiger partial charge in [-0.2, -0.15) is 0 Å². The number of hydrogen-bond acceptors (Lipinski definition) is 4. The highest BCUT2D eigenvalue weighted by Crippen LogP contribution is 2.15. The molecule has 1 aromatic heterocycles. The minimum atomic E-state index is -0.291. The number of aromatic nitrogens is 3. The highest BCUT2D eigenvalue weighted by atomic mass is 16.5. The van der Waals surface area contributed by atoms with E-state index in [0.29, 0.717) is 12.2 Å². The fourth-order valence-electron chi connectivity index (χ4n) is 1.96. The monoisotopic (exact) mass is 286 g/mol.